The number of thiazole rings is 1. The summed E-state index contributed by atoms with van der Waals surface area (Å²) < 4.78 is 7.70. The Morgan fingerprint density at radius 3 is 2.81 bits per heavy atom. The number of rotatable bonds is 5. The fourth-order valence-electron chi connectivity index (χ4n) is 2.06. The summed E-state index contributed by atoms with van der Waals surface area (Å²) in [7, 11) is 0. The fraction of sp³-hybridized carbons (Fsp3) is 0.188. The SMILES string of the molecule is C=C(C)COc1ccc(-c2csc3nc(CN)cn23)cc1. The molecule has 0 spiro atoms. The van der Waals surface area contributed by atoms with Crippen LogP contribution in [0.3, 0.4) is 0 Å². The fourth-order valence-corrected chi connectivity index (χ4v) is 2.97. The zero-order chi connectivity index (χ0) is 14.8. The van der Waals surface area contributed by atoms with Crippen LogP contribution < -0.4 is 10.5 Å². The molecule has 0 bridgehead atoms. The third kappa shape index (κ3) is 2.84. The molecular weight excluding hydrogens is 282 g/mol. The first-order chi connectivity index (χ1) is 10.2. The third-order valence-electron chi connectivity index (χ3n) is 3.10. The molecule has 108 valence electrons. The van der Waals surface area contributed by atoms with Gasteiger partial charge in [0, 0.05) is 18.1 Å². The quantitative estimate of drug-likeness (QED) is 0.734. The minimum absolute atomic E-state index is 0.460. The Morgan fingerprint density at radius 2 is 2.14 bits per heavy atom. The second-order valence-corrected chi connectivity index (χ2v) is 5.82. The molecule has 0 atom stereocenters. The van der Waals surface area contributed by atoms with E-state index in [0.717, 1.165) is 33.2 Å². The van der Waals surface area contributed by atoms with Crippen LogP contribution in [0.4, 0.5) is 0 Å². The highest BCUT2D eigenvalue weighted by Crippen LogP contribution is 2.27. The molecule has 0 aliphatic carbocycles. The van der Waals surface area contributed by atoms with Crippen molar-refractivity contribution in [3.8, 4) is 17.0 Å². The number of nitrogens with zero attached hydrogens (tertiary/aromatic N) is 2. The molecular formula is C16H17N3OS. The van der Waals surface area contributed by atoms with Gasteiger partial charge in [0.2, 0.25) is 0 Å². The Balaban J connectivity index is 1.88. The molecule has 2 N–H and O–H groups in total. The number of hydrogen-bond donors (Lipinski definition) is 1. The van der Waals surface area contributed by atoms with Gasteiger partial charge in [-0.1, -0.05) is 6.58 Å². The Morgan fingerprint density at radius 1 is 1.38 bits per heavy atom. The summed E-state index contributed by atoms with van der Waals surface area (Å²) in [6.45, 7) is 6.78. The Bertz CT molecular complexity index is 771. The zero-order valence-electron chi connectivity index (χ0n) is 11.9. The molecule has 3 aromatic rings. The van der Waals surface area contributed by atoms with Crippen LogP contribution in [0.5, 0.6) is 5.75 Å². The number of benzene rings is 1. The molecule has 0 aliphatic rings. The molecule has 0 unspecified atom stereocenters. The van der Waals surface area contributed by atoms with E-state index in [9.17, 15) is 0 Å². The molecule has 0 radical (unpaired) electrons. The Labute approximate surface area is 127 Å². The lowest BCUT2D eigenvalue weighted by atomic mass is 10.1. The van der Waals surface area contributed by atoms with E-state index in [1.54, 1.807) is 11.3 Å². The molecule has 4 nitrogen and oxygen atoms in total. The highest BCUT2D eigenvalue weighted by atomic mass is 32.1. The summed E-state index contributed by atoms with van der Waals surface area (Å²) in [6, 6.07) is 8.06. The van der Waals surface area contributed by atoms with Gasteiger partial charge in [-0.25, -0.2) is 4.98 Å². The molecule has 3 rings (SSSR count). The van der Waals surface area contributed by atoms with E-state index in [0.29, 0.717) is 13.2 Å². The van der Waals surface area contributed by atoms with Crippen LogP contribution in [0.2, 0.25) is 0 Å². The van der Waals surface area contributed by atoms with E-state index in [-0.39, 0.29) is 0 Å². The van der Waals surface area contributed by atoms with Crippen molar-refractivity contribution in [2.75, 3.05) is 6.61 Å². The van der Waals surface area contributed by atoms with Crippen LogP contribution in [0.25, 0.3) is 16.2 Å². The maximum Gasteiger partial charge on any atom is 0.194 e. The number of ether oxygens (including phenoxy) is 1. The molecule has 5 heteroatoms. The van der Waals surface area contributed by atoms with Gasteiger partial charge in [0.25, 0.3) is 0 Å². The molecule has 1 aromatic carbocycles. The second-order valence-electron chi connectivity index (χ2n) is 4.98. The maximum atomic E-state index is 5.64. The number of fused-ring (bicyclic) bond motifs is 1. The zero-order valence-corrected chi connectivity index (χ0v) is 12.7. The number of aromatic nitrogens is 2. The van der Waals surface area contributed by atoms with Crippen molar-refractivity contribution in [1.29, 1.82) is 0 Å². The second kappa shape index (κ2) is 5.71. The largest absolute Gasteiger partial charge is 0.489 e. The highest BCUT2D eigenvalue weighted by Gasteiger charge is 2.09. The van der Waals surface area contributed by atoms with E-state index >= 15 is 0 Å². The Hall–Kier alpha value is -2.11. The molecule has 0 amide bonds. The van der Waals surface area contributed by atoms with Crippen molar-refractivity contribution in [3.05, 3.63) is 53.7 Å². The van der Waals surface area contributed by atoms with Crippen LogP contribution >= 0.6 is 11.3 Å². The standard InChI is InChI=1S/C16H17N3OS/c1-11(2)9-20-14-5-3-12(4-6-14)15-10-21-16-18-13(7-17)8-19(15)16/h3-6,8,10H,1,7,9,17H2,2H3. The van der Waals surface area contributed by atoms with Crippen LogP contribution in [0, 0.1) is 0 Å². The van der Waals surface area contributed by atoms with Crippen LogP contribution in [0.1, 0.15) is 12.6 Å². The molecule has 2 aromatic heterocycles. The van der Waals surface area contributed by atoms with E-state index in [4.69, 9.17) is 10.5 Å². The third-order valence-corrected chi connectivity index (χ3v) is 3.94. The maximum absolute atomic E-state index is 5.64. The minimum Gasteiger partial charge on any atom is -0.489 e. The van der Waals surface area contributed by atoms with Gasteiger partial charge in [-0.3, -0.25) is 4.40 Å². The van der Waals surface area contributed by atoms with E-state index in [2.05, 4.69) is 33.5 Å². The van der Waals surface area contributed by atoms with Gasteiger partial charge in [0.15, 0.2) is 4.96 Å². The van der Waals surface area contributed by atoms with Gasteiger partial charge in [-0.15, -0.1) is 11.3 Å². The lowest BCUT2D eigenvalue weighted by molar-refractivity contribution is 0.353. The number of imidazole rings is 1. The lowest BCUT2D eigenvalue weighted by Crippen LogP contribution is -1.97. The first kappa shape index (κ1) is 13.9. The van der Waals surface area contributed by atoms with Crippen LogP contribution in [-0.4, -0.2) is 16.0 Å². The highest BCUT2D eigenvalue weighted by molar-refractivity contribution is 7.15. The van der Waals surface area contributed by atoms with Crippen molar-refractivity contribution in [1.82, 2.24) is 9.38 Å². The first-order valence-electron chi connectivity index (χ1n) is 6.70. The predicted molar refractivity (Wildman–Crippen MR) is 86.7 cm³/mol. The van der Waals surface area contributed by atoms with E-state index < -0.39 is 0 Å². The first-order valence-corrected chi connectivity index (χ1v) is 7.58. The van der Waals surface area contributed by atoms with Crippen molar-refractivity contribution in [2.45, 2.75) is 13.5 Å². The summed E-state index contributed by atoms with van der Waals surface area (Å²) in [5.74, 6) is 0.849. The predicted octanol–water partition coefficient (Wildman–Crippen LogP) is 3.48. The number of nitrogens with two attached hydrogens (primary N) is 1. The summed E-state index contributed by atoms with van der Waals surface area (Å²) >= 11 is 1.62. The van der Waals surface area contributed by atoms with Crippen molar-refractivity contribution in [3.63, 3.8) is 0 Å². The Kier molecular flexibility index (Phi) is 3.77. The van der Waals surface area contributed by atoms with E-state index in [1.165, 1.54) is 0 Å². The number of hydrogen-bond acceptors (Lipinski definition) is 4. The average molecular weight is 299 g/mol. The van der Waals surface area contributed by atoms with Gasteiger partial charge in [-0.05, 0) is 42.3 Å². The van der Waals surface area contributed by atoms with E-state index in [1.807, 2.05) is 25.3 Å². The molecule has 0 saturated carbocycles. The monoisotopic (exact) mass is 299 g/mol. The molecule has 0 aliphatic heterocycles. The summed E-state index contributed by atoms with van der Waals surface area (Å²) in [5.41, 5.74) is 9.81. The van der Waals surface area contributed by atoms with Gasteiger partial charge in [0.05, 0.1) is 11.4 Å². The molecule has 0 fully saturated rings. The topological polar surface area (TPSA) is 52.5 Å². The molecule has 21 heavy (non-hydrogen) atoms. The summed E-state index contributed by atoms with van der Waals surface area (Å²) in [6.07, 6.45) is 1.99. The molecule has 0 saturated heterocycles. The van der Waals surface area contributed by atoms with Crippen LogP contribution in [0.15, 0.2) is 48.0 Å². The van der Waals surface area contributed by atoms with Crippen LogP contribution in [-0.2, 0) is 6.54 Å². The van der Waals surface area contributed by atoms with Gasteiger partial charge >= 0.3 is 0 Å². The van der Waals surface area contributed by atoms with Crippen molar-refractivity contribution >= 4 is 16.3 Å². The van der Waals surface area contributed by atoms with Gasteiger partial charge in [0.1, 0.15) is 12.4 Å². The normalized spacial score (nSPS) is 11.0. The lowest BCUT2D eigenvalue weighted by Gasteiger charge is -2.06. The van der Waals surface area contributed by atoms with Gasteiger partial charge in [-0.2, -0.15) is 0 Å². The van der Waals surface area contributed by atoms with Crippen molar-refractivity contribution < 1.29 is 4.74 Å². The average Bonchev–Trinajstić information content (AvgIpc) is 3.05. The smallest absolute Gasteiger partial charge is 0.194 e. The van der Waals surface area contributed by atoms with Crippen molar-refractivity contribution in [2.24, 2.45) is 5.73 Å². The molecule has 2 heterocycles. The minimum atomic E-state index is 0.460. The summed E-state index contributed by atoms with van der Waals surface area (Å²) in [4.78, 5) is 5.43. The summed E-state index contributed by atoms with van der Waals surface area (Å²) in [5, 5.41) is 2.10. The van der Waals surface area contributed by atoms with Gasteiger partial charge < -0.3 is 10.5 Å².